The van der Waals surface area contributed by atoms with E-state index >= 15 is 0 Å². The lowest BCUT2D eigenvalue weighted by atomic mass is 10.1. The van der Waals surface area contributed by atoms with Crippen molar-refractivity contribution in [1.82, 2.24) is 9.38 Å². The maximum atomic E-state index is 12.0. The summed E-state index contributed by atoms with van der Waals surface area (Å²) in [7, 11) is 0. The van der Waals surface area contributed by atoms with Crippen LogP contribution < -0.4 is 5.56 Å². The van der Waals surface area contributed by atoms with Crippen LogP contribution in [0.25, 0.3) is 5.65 Å². The lowest BCUT2D eigenvalue weighted by Gasteiger charge is -2.07. The molecule has 2 rings (SSSR count). The van der Waals surface area contributed by atoms with Gasteiger partial charge in [-0.25, -0.2) is 4.98 Å². The molecule has 16 heavy (non-hydrogen) atoms. The Labute approximate surface area is 97.1 Å². The average molecular weight is 239 g/mol. The Kier molecular flexibility index (Phi) is 2.59. The van der Waals surface area contributed by atoms with Crippen molar-refractivity contribution in [2.24, 2.45) is 0 Å². The second-order valence-corrected chi connectivity index (χ2v) is 4.35. The molecule has 2 heterocycles. The van der Waals surface area contributed by atoms with Gasteiger partial charge in [-0.05, 0) is 5.92 Å². The van der Waals surface area contributed by atoms with E-state index in [9.17, 15) is 9.90 Å². The summed E-state index contributed by atoms with van der Waals surface area (Å²) in [6, 6.07) is 1.36. The van der Waals surface area contributed by atoms with E-state index in [0.717, 1.165) is 0 Å². The normalized spacial score (nSPS) is 11.2. The standard InChI is InChI=1S/C11H11ClN2O2/c1-6(2)8-4-13-10-9(15)3-7(12)5-14(10)11(8)16/h3-6,15H,1-2H3. The van der Waals surface area contributed by atoms with Gasteiger partial charge in [0.25, 0.3) is 5.56 Å². The van der Waals surface area contributed by atoms with Crippen molar-refractivity contribution in [2.45, 2.75) is 19.8 Å². The monoisotopic (exact) mass is 238 g/mol. The van der Waals surface area contributed by atoms with Crippen LogP contribution in [0.4, 0.5) is 0 Å². The minimum absolute atomic E-state index is 0.0815. The second-order valence-electron chi connectivity index (χ2n) is 3.91. The number of halogens is 1. The van der Waals surface area contributed by atoms with E-state index < -0.39 is 0 Å². The number of hydrogen-bond donors (Lipinski definition) is 1. The van der Waals surface area contributed by atoms with Crippen LogP contribution in [0.5, 0.6) is 5.75 Å². The smallest absolute Gasteiger partial charge is 0.261 e. The molecule has 0 bridgehead atoms. The molecule has 0 saturated carbocycles. The third kappa shape index (κ3) is 1.65. The molecule has 0 saturated heterocycles. The second kappa shape index (κ2) is 3.79. The van der Waals surface area contributed by atoms with Crippen molar-refractivity contribution >= 4 is 17.2 Å². The van der Waals surface area contributed by atoms with Crippen LogP contribution in [0.15, 0.2) is 23.3 Å². The molecule has 0 fully saturated rings. The van der Waals surface area contributed by atoms with Gasteiger partial charge in [0.1, 0.15) is 0 Å². The maximum absolute atomic E-state index is 12.0. The van der Waals surface area contributed by atoms with Gasteiger partial charge in [-0.15, -0.1) is 0 Å². The summed E-state index contributed by atoms with van der Waals surface area (Å²) in [5, 5.41) is 9.90. The minimum atomic E-state index is -0.196. The summed E-state index contributed by atoms with van der Waals surface area (Å²) in [5.41, 5.74) is 0.621. The zero-order chi connectivity index (χ0) is 11.9. The summed E-state index contributed by atoms with van der Waals surface area (Å²) in [4.78, 5) is 16.1. The van der Waals surface area contributed by atoms with Crippen molar-refractivity contribution in [3.05, 3.63) is 39.4 Å². The maximum Gasteiger partial charge on any atom is 0.261 e. The third-order valence-corrected chi connectivity index (χ3v) is 2.60. The van der Waals surface area contributed by atoms with Crippen LogP contribution in [-0.4, -0.2) is 14.5 Å². The number of nitrogens with zero attached hydrogens (tertiary/aromatic N) is 2. The van der Waals surface area contributed by atoms with E-state index in [1.54, 1.807) is 0 Å². The molecule has 4 nitrogen and oxygen atoms in total. The number of hydrogen-bond acceptors (Lipinski definition) is 3. The zero-order valence-electron chi connectivity index (χ0n) is 8.94. The fourth-order valence-corrected chi connectivity index (χ4v) is 1.75. The molecular weight excluding hydrogens is 228 g/mol. The van der Waals surface area contributed by atoms with E-state index in [-0.39, 0.29) is 22.9 Å². The fraction of sp³-hybridized carbons (Fsp3) is 0.273. The number of aromatic hydroxyl groups is 1. The van der Waals surface area contributed by atoms with Gasteiger partial charge < -0.3 is 5.11 Å². The van der Waals surface area contributed by atoms with Gasteiger partial charge in [0, 0.05) is 24.0 Å². The topological polar surface area (TPSA) is 54.6 Å². The summed E-state index contributed by atoms with van der Waals surface area (Å²) < 4.78 is 1.27. The first-order valence-corrected chi connectivity index (χ1v) is 5.28. The van der Waals surface area contributed by atoms with Crippen LogP contribution >= 0.6 is 11.6 Å². The molecule has 0 spiro atoms. The highest BCUT2D eigenvalue weighted by atomic mass is 35.5. The Morgan fingerprint density at radius 2 is 2.19 bits per heavy atom. The first-order chi connectivity index (χ1) is 7.50. The Morgan fingerprint density at radius 3 is 2.81 bits per heavy atom. The largest absolute Gasteiger partial charge is 0.504 e. The zero-order valence-corrected chi connectivity index (χ0v) is 9.69. The summed E-state index contributed by atoms with van der Waals surface area (Å²) in [5.74, 6) is -0.0158. The number of rotatable bonds is 1. The van der Waals surface area contributed by atoms with Crippen molar-refractivity contribution < 1.29 is 5.11 Å². The lowest BCUT2D eigenvalue weighted by Crippen LogP contribution is -2.20. The Hall–Kier alpha value is -1.55. The van der Waals surface area contributed by atoms with Gasteiger partial charge >= 0.3 is 0 Å². The molecule has 2 aromatic rings. The van der Waals surface area contributed by atoms with E-state index in [1.807, 2.05) is 13.8 Å². The van der Waals surface area contributed by atoms with Crippen LogP contribution in [-0.2, 0) is 0 Å². The highest BCUT2D eigenvalue weighted by Gasteiger charge is 2.11. The summed E-state index contributed by atoms with van der Waals surface area (Å²) in [6.45, 7) is 3.82. The van der Waals surface area contributed by atoms with Gasteiger partial charge in [0.2, 0.25) is 0 Å². The van der Waals surface area contributed by atoms with Crippen molar-refractivity contribution in [1.29, 1.82) is 0 Å². The van der Waals surface area contributed by atoms with Crippen molar-refractivity contribution in [3.63, 3.8) is 0 Å². The molecule has 84 valence electrons. The Balaban J connectivity index is 2.89. The predicted octanol–water partition coefficient (Wildman–Crippen LogP) is 2.18. The first kappa shape index (κ1) is 11.0. The van der Waals surface area contributed by atoms with Gasteiger partial charge in [-0.3, -0.25) is 9.20 Å². The molecule has 0 radical (unpaired) electrons. The Bertz CT molecular complexity index is 605. The van der Waals surface area contributed by atoms with Crippen molar-refractivity contribution in [2.75, 3.05) is 0 Å². The third-order valence-electron chi connectivity index (χ3n) is 2.40. The Morgan fingerprint density at radius 1 is 1.50 bits per heavy atom. The lowest BCUT2D eigenvalue weighted by molar-refractivity contribution is 0.476. The van der Waals surface area contributed by atoms with Crippen LogP contribution in [0.3, 0.4) is 0 Å². The summed E-state index contributed by atoms with van der Waals surface area (Å²) in [6.07, 6.45) is 2.95. The van der Waals surface area contributed by atoms with Gasteiger partial charge in [-0.1, -0.05) is 25.4 Å². The van der Waals surface area contributed by atoms with E-state index in [0.29, 0.717) is 10.6 Å². The molecule has 0 amide bonds. The number of aromatic nitrogens is 2. The molecule has 0 aliphatic heterocycles. The predicted molar refractivity (Wildman–Crippen MR) is 62.2 cm³/mol. The number of fused-ring (bicyclic) bond motifs is 1. The fourth-order valence-electron chi connectivity index (χ4n) is 1.54. The molecule has 0 aliphatic carbocycles. The quantitative estimate of drug-likeness (QED) is 0.829. The van der Waals surface area contributed by atoms with Gasteiger partial charge in [0.05, 0.1) is 5.02 Å². The van der Waals surface area contributed by atoms with E-state index in [4.69, 9.17) is 11.6 Å². The van der Waals surface area contributed by atoms with Gasteiger partial charge in [0.15, 0.2) is 11.4 Å². The SMILES string of the molecule is CC(C)c1cnc2c(O)cc(Cl)cn2c1=O. The molecule has 1 N–H and O–H groups in total. The molecule has 0 unspecified atom stereocenters. The highest BCUT2D eigenvalue weighted by molar-refractivity contribution is 6.30. The molecule has 5 heteroatoms. The van der Waals surface area contributed by atoms with E-state index in [2.05, 4.69) is 4.98 Å². The van der Waals surface area contributed by atoms with Gasteiger partial charge in [-0.2, -0.15) is 0 Å². The molecular formula is C11H11ClN2O2. The molecule has 0 aliphatic rings. The minimum Gasteiger partial charge on any atom is -0.504 e. The van der Waals surface area contributed by atoms with Crippen LogP contribution in [0, 0.1) is 0 Å². The van der Waals surface area contributed by atoms with Crippen LogP contribution in [0.2, 0.25) is 5.02 Å². The first-order valence-electron chi connectivity index (χ1n) is 4.90. The molecule has 0 atom stereocenters. The van der Waals surface area contributed by atoms with Crippen LogP contribution in [0.1, 0.15) is 25.3 Å². The molecule has 2 aromatic heterocycles. The van der Waals surface area contributed by atoms with Crippen molar-refractivity contribution in [3.8, 4) is 5.75 Å². The highest BCUT2D eigenvalue weighted by Crippen LogP contribution is 2.20. The summed E-state index contributed by atoms with van der Waals surface area (Å²) >= 11 is 5.78. The number of pyridine rings is 1. The molecule has 0 aromatic carbocycles. The average Bonchev–Trinajstić information content (AvgIpc) is 2.19. The van der Waals surface area contributed by atoms with E-state index in [1.165, 1.54) is 22.9 Å².